The summed E-state index contributed by atoms with van der Waals surface area (Å²) < 4.78 is 5.61. The fourth-order valence-corrected chi connectivity index (χ4v) is 1.93. The molecule has 106 valence electrons. The molecule has 0 saturated heterocycles. The van der Waals surface area contributed by atoms with Gasteiger partial charge in [-0.3, -0.25) is 4.79 Å². The Kier molecular flexibility index (Phi) is 4.25. The smallest absolute Gasteiger partial charge is 0.287 e. The number of aliphatic hydroxyl groups is 1. The highest BCUT2D eigenvalue weighted by molar-refractivity contribution is 5.92. The molecule has 0 spiro atoms. The van der Waals surface area contributed by atoms with Crippen LogP contribution in [0.25, 0.3) is 11.3 Å². The number of hydrogen-bond donors (Lipinski definition) is 2. The molecule has 20 heavy (non-hydrogen) atoms. The molecule has 2 rings (SSSR count). The summed E-state index contributed by atoms with van der Waals surface area (Å²) in [5, 5.41) is 11.8. The standard InChI is InChI=1S/C16H19NO3/c1-10-4-5-11(2)13(8-10)14-6-7-15(20-14)16(19)17-9-12(3)18/h4-8,12,18H,9H2,1-3H3,(H,17,19). The van der Waals surface area contributed by atoms with Gasteiger partial charge in [0.2, 0.25) is 0 Å². The first-order chi connectivity index (χ1) is 9.47. The molecular formula is C16H19NO3. The summed E-state index contributed by atoms with van der Waals surface area (Å²) in [7, 11) is 0. The van der Waals surface area contributed by atoms with Crippen molar-refractivity contribution >= 4 is 5.91 Å². The monoisotopic (exact) mass is 273 g/mol. The molecule has 0 aliphatic heterocycles. The Morgan fingerprint density at radius 2 is 2.05 bits per heavy atom. The quantitative estimate of drug-likeness (QED) is 0.900. The van der Waals surface area contributed by atoms with E-state index >= 15 is 0 Å². The lowest BCUT2D eigenvalue weighted by molar-refractivity contribution is 0.0897. The molecule has 1 aromatic heterocycles. The molecule has 0 aliphatic rings. The van der Waals surface area contributed by atoms with Crippen LogP contribution in [-0.4, -0.2) is 23.7 Å². The summed E-state index contributed by atoms with van der Waals surface area (Å²) in [6.07, 6.45) is -0.576. The maximum absolute atomic E-state index is 11.8. The Morgan fingerprint density at radius 1 is 1.30 bits per heavy atom. The summed E-state index contributed by atoms with van der Waals surface area (Å²) in [4.78, 5) is 11.8. The Balaban J connectivity index is 2.20. The highest BCUT2D eigenvalue weighted by atomic mass is 16.4. The Hall–Kier alpha value is -2.07. The predicted molar refractivity (Wildman–Crippen MR) is 77.6 cm³/mol. The van der Waals surface area contributed by atoms with Gasteiger partial charge in [-0.2, -0.15) is 0 Å². The molecule has 1 aromatic carbocycles. The predicted octanol–water partition coefficient (Wildman–Crippen LogP) is 2.67. The van der Waals surface area contributed by atoms with Crippen molar-refractivity contribution in [3.63, 3.8) is 0 Å². The largest absolute Gasteiger partial charge is 0.451 e. The van der Waals surface area contributed by atoms with Crippen molar-refractivity contribution in [2.75, 3.05) is 6.54 Å². The number of aryl methyl sites for hydroxylation is 2. The molecule has 0 radical (unpaired) electrons. The zero-order valence-electron chi connectivity index (χ0n) is 11.9. The first-order valence-electron chi connectivity index (χ1n) is 6.61. The van der Waals surface area contributed by atoms with Crippen LogP contribution < -0.4 is 5.32 Å². The summed E-state index contributed by atoms with van der Waals surface area (Å²) >= 11 is 0. The zero-order valence-corrected chi connectivity index (χ0v) is 11.9. The minimum atomic E-state index is -0.576. The Morgan fingerprint density at radius 3 is 2.75 bits per heavy atom. The van der Waals surface area contributed by atoms with Crippen LogP contribution in [0.1, 0.15) is 28.6 Å². The molecule has 2 N–H and O–H groups in total. The molecule has 4 heteroatoms. The van der Waals surface area contributed by atoms with E-state index < -0.39 is 6.10 Å². The number of carbonyl (C=O) groups excluding carboxylic acids is 1. The number of aliphatic hydroxyl groups excluding tert-OH is 1. The van der Waals surface area contributed by atoms with E-state index in [0.29, 0.717) is 5.76 Å². The van der Waals surface area contributed by atoms with Crippen LogP contribution in [0.15, 0.2) is 34.7 Å². The second kappa shape index (κ2) is 5.92. The van der Waals surface area contributed by atoms with Crippen molar-refractivity contribution in [1.29, 1.82) is 0 Å². The first-order valence-corrected chi connectivity index (χ1v) is 6.61. The molecule has 0 fully saturated rings. The van der Waals surface area contributed by atoms with Gasteiger partial charge in [-0.25, -0.2) is 0 Å². The van der Waals surface area contributed by atoms with Crippen LogP contribution in [0, 0.1) is 13.8 Å². The second-order valence-corrected chi connectivity index (χ2v) is 5.04. The highest BCUT2D eigenvalue weighted by Crippen LogP contribution is 2.26. The zero-order chi connectivity index (χ0) is 14.7. The van der Waals surface area contributed by atoms with Crippen molar-refractivity contribution in [2.45, 2.75) is 26.9 Å². The Bertz CT molecular complexity index is 614. The third-order valence-electron chi connectivity index (χ3n) is 3.05. The van der Waals surface area contributed by atoms with Gasteiger partial charge in [0, 0.05) is 12.1 Å². The van der Waals surface area contributed by atoms with E-state index in [4.69, 9.17) is 9.52 Å². The van der Waals surface area contributed by atoms with Crippen LogP contribution in [0.2, 0.25) is 0 Å². The van der Waals surface area contributed by atoms with Gasteiger partial charge in [0.05, 0.1) is 6.10 Å². The maximum atomic E-state index is 11.8. The fourth-order valence-electron chi connectivity index (χ4n) is 1.93. The van der Waals surface area contributed by atoms with Gasteiger partial charge in [-0.1, -0.05) is 17.7 Å². The first kappa shape index (κ1) is 14.3. The van der Waals surface area contributed by atoms with E-state index in [0.717, 1.165) is 16.7 Å². The van der Waals surface area contributed by atoms with Crippen molar-refractivity contribution in [3.05, 3.63) is 47.2 Å². The lowest BCUT2D eigenvalue weighted by Crippen LogP contribution is -2.30. The van der Waals surface area contributed by atoms with Crippen LogP contribution in [0.4, 0.5) is 0 Å². The van der Waals surface area contributed by atoms with Gasteiger partial charge in [0.25, 0.3) is 5.91 Å². The fraction of sp³-hybridized carbons (Fsp3) is 0.312. The molecule has 0 aliphatic carbocycles. The number of amides is 1. The van der Waals surface area contributed by atoms with E-state index in [2.05, 4.69) is 5.32 Å². The van der Waals surface area contributed by atoms with Crippen LogP contribution in [0.3, 0.4) is 0 Å². The maximum Gasteiger partial charge on any atom is 0.287 e. The normalized spacial score (nSPS) is 12.2. The van der Waals surface area contributed by atoms with Gasteiger partial charge in [-0.05, 0) is 44.5 Å². The number of benzene rings is 1. The van der Waals surface area contributed by atoms with Crippen molar-refractivity contribution in [2.24, 2.45) is 0 Å². The molecule has 4 nitrogen and oxygen atoms in total. The summed E-state index contributed by atoms with van der Waals surface area (Å²) in [6, 6.07) is 9.54. The van der Waals surface area contributed by atoms with Gasteiger partial charge >= 0.3 is 0 Å². The SMILES string of the molecule is Cc1ccc(C)c(-c2ccc(C(=O)NCC(C)O)o2)c1. The Labute approximate surface area is 118 Å². The van der Waals surface area contributed by atoms with E-state index in [9.17, 15) is 4.79 Å². The van der Waals surface area contributed by atoms with E-state index in [1.54, 1.807) is 19.1 Å². The average Bonchev–Trinajstić information content (AvgIpc) is 2.88. The molecule has 1 heterocycles. The highest BCUT2D eigenvalue weighted by Gasteiger charge is 2.13. The van der Waals surface area contributed by atoms with Gasteiger partial charge in [0.1, 0.15) is 5.76 Å². The average molecular weight is 273 g/mol. The third-order valence-corrected chi connectivity index (χ3v) is 3.05. The van der Waals surface area contributed by atoms with E-state index in [1.807, 2.05) is 32.0 Å². The minimum absolute atomic E-state index is 0.207. The summed E-state index contributed by atoms with van der Waals surface area (Å²) in [6.45, 7) is 5.84. The molecular weight excluding hydrogens is 254 g/mol. The summed E-state index contributed by atoms with van der Waals surface area (Å²) in [5.74, 6) is 0.609. The van der Waals surface area contributed by atoms with Crippen LogP contribution in [0.5, 0.6) is 0 Å². The molecule has 2 aromatic rings. The number of hydrogen-bond acceptors (Lipinski definition) is 3. The second-order valence-electron chi connectivity index (χ2n) is 5.04. The van der Waals surface area contributed by atoms with Crippen LogP contribution >= 0.6 is 0 Å². The van der Waals surface area contributed by atoms with E-state index in [-0.39, 0.29) is 18.2 Å². The molecule has 1 atom stereocenters. The molecule has 1 unspecified atom stereocenters. The number of rotatable bonds is 4. The third kappa shape index (κ3) is 3.27. The van der Waals surface area contributed by atoms with Gasteiger partial charge in [-0.15, -0.1) is 0 Å². The molecule has 0 bridgehead atoms. The van der Waals surface area contributed by atoms with Crippen LogP contribution in [-0.2, 0) is 0 Å². The molecule has 0 saturated carbocycles. The number of carbonyl (C=O) groups is 1. The van der Waals surface area contributed by atoms with Gasteiger partial charge < -0.3 is 14.8 Å². The van der Waals surface area contributed by atoms with Crippen molar-refractivity contribution < 1.29 is 14.3 Å². The van der Waals surface area contributed by atoms with E-state index in [1.165, 1.54) is 0 Å². The lowest BCUT2D eigenvalue weighted by Gasteiger charge is -2.06. The van der Waals surface area contributed by atoms with Crippen molar-refractivity contribution in [3.8, 4) is 11.3 Å². The number of furan rings is 1. The molecule has 1 amide bonds. The van der Waals surface area contributed by atoms with Gasteiger partial charge in [0.15, 0.2) is 5.76 Å². The lowest BCUT2D eigenvalue weighted by atomic mass is 10.0. The van der Waals surface area contributed by atoms with Crippen molar-refractivity contribution in [1.82, 2.24) is 5.32 Å². The topological polar surface area (TPSA) is 62.5 Å². The summed E-state index contributed by atoms with van der Waals surface area (Å²) in [5.41, 5.74) is 3.22. The minimum Gasteiger partial charge on any atom is -0.451 e. The number of nitrogens with one attached hydrogen (secondary N) is 1.